The zero-order chi connectivity index (χ0) is 28.6. The minimum atomic E-state index is -1.04. The van der Waals surface area contributed by atoms with Crippen LogP contribution in [0.2, 0.25) is 0 Å². The van der Waals surface area contributed by atoms with Crippen LogP contribution in [0.1, 0.15) is 43.0 Å². The Balaban J connectivity index is 1.40. The summed E-state index contributed by atoms with van der Waals surface area (Å²) in [5.41, 5.74) is 1.57. The van der Waals surface area contributed by atoms with E-state index in [9.17, 15) is 18.7 Å². The number of nitrogens with one attached hydrogen (secondary N) is 2. The van der Waals surface area contributed by atoms with E-state index in [1.807, 2.05) is 51.2 Å². The minimum Gasteiger partial charge on any atom is -0.474 e. The predicted molar refractivity (Wildman–Crippen MR) is 146 cm³/mol. The zero-order valence-electron chi connectivity index (χ0n) is 23.1. The van der Waals surface area contributed by atoms with E-state index in [0.29, 0.717) is 47.3 Å². The Morgan fingerprint density at radius 2 is 1.95 bits per heavy atom. The molecule has 1 aliphatic heterocycles. The van der Waals surface area contributed by atoms with Gasteiger partial charge in [-0.1, -0.05) is 32.0 Å². The fraction of sp³-hybridized carbons (Fsp3) is 0.448. The Labute approximate surface area is 232 Å². The van der Waals surface area contributed by atoms with Crippen molar-refractivity contribution in [3.63, 3.8) is 0 Å². The third-order valence-electron chi connectivity index (χ3n) is 7.61. The monoisotopic (exact) mass is 555 g/mol. The molecule has 2 aliphatic rings. The van der Waals surface area contributed by atoms with Gasteiger partial charge in [-0.15, -0.1) is 5.10 Å². The first-order valence-corrected chi connectivity index (χ1v) is 13.4. The van der Waals surface area contributed by atoms with Gasteiger partial charge in [0, 0.05) is 13.1 Å². The van der Waals surface area contributed by atoms with E-state index in [4.69, 9.17) is 9.47 Å². The average Bonchev–Trinajstić information content (AvgIpc) is 3.21. The summed E-state index contributed by atoms with van der Waals surface area (Å²) < 4.78 is 41.8. The molecular formula is C29H35F2N5O4. The molecule has 3 atom stereocenters. The number of anilines is 1. The number of morpholine rings is 1. The van der Waals surface area contributed by atoms with Crippen molar-refractivity contribution in [2.75, 3.05) is 38.7 Å². The predicted octanol–water partition coefficient (Wildman–Crippen LogP) is 4.07. The summed E-state index contributed by atoms with van der Waals surface area (Å²) in [4.78, 5) is 15.5. The largest absolute Gasteiger partial charge is 0.474 e. The second kappa shape index (κ2) is 11.1. The Bertz CT molecular complexity index is 1380. The summed E-state index contributed by atoms with van der Waals surface area (Å²) in [6.07, 6.45) is -0.860. The second-order valence-electron chi connectivity index (χ2n) is 11.2. The average molecular weight is 556 g/mol. The molecule has 1 fully saturated rings. The molecule has 2 heterocycles. The Kier molecular flexibility index (Phi) is 7.80. The number of hydrogen-bond acceptors (Lipinski definition) is 6. The number of aliphatic hydroxyl groups excluding tert-OH is 1. The summed E-state index contributed by atoms with van der Waals surface area (Å²) in [5, 5.41) is 21.1. The van der Waals surface area contributed by atoms with Crippen LogP contribution in [-0.2, 0) is 10.2 Å². The third-order valence-corrected chi connectivity index (χ3v) is 7.61. The highest BCUT2D eigenvalue weighted by atomic mass is 19.2. The SMILES string of the molecule is Cc1c(OC[C@H]2CN(C)CCO2)nn(-c2ccccc2)c1NC(=O)NC1c2cc(F)c(F)cc2C(C)(C)C[C@H]1O. The number of para-hydroxylation sites is 1. The number of urea groups is 1. The van der Waals surface area contributed by atoms with Crippen molar-refractivity contribution in [1.29, 1.82) is 0 Å². The van der Waals surface area contributed by atoms with Gasteiger partial charge in [0.25, 0.3) is 0 Å². The highest BCUT2D eigenvalue weighted by Gasteiger charge is 2.40. The Hall–Kier alpha value is -3.54. The van der Waals surface area contributed by atoms with Gasteiger partial charge in [-0.25, -0.2) is 18.3 Å². The van der Waals surface area contributed by atoms with Crippen molar-refractivity contribution >= 4 is 11.8 Å². The molecule has 214 valence electrons. The van der Waals surface area contributed by atoms with Gasteiger partial charge in [-0.05, 0) is 61.2 Å². The summed E-state index contributed by atoms with van der Waals surface area (Å²) >= 11 is 0. The third kappa shape index (κ3) is 5.67. The first-order chi connectivity index (χ1) is 19.0. The fourth-order valence-corrected chi connectivity index (χ4v) is 5.48. The lowest BCUT2D eigenvalue weighted by Crippen LogP contribution is -2.45. The smallest absolute Gasteiger partial charge is 0.320 e. The number of hydrogen-bond donors (Lipinski definition) is 3. The number of rotatable bonds is 6. The van der Waals surface area contributed by atoms with Crippen molar-refractivity contribution in [2.24, 2.45) is 0 Å². The van der Waals surface area contributed by atoms with Gasteiger partial charge in [0.05, 0.1) is 30.0 Å². The van der Waals surface area contributed by atoms with Crippen LogP contribution in [-0.4, -0.2) is 71.4 Å². The van der Waals surface area contributed by atoms with Crippen LogP contribution in [0.25, 0.3) is 5.69 Å². The molecule has 3 aromatic rings. The van der Waals surface area contributed by atoms with Gasteiger partial charge in [-0.2, -0.15) is 0 Å². The molecule has 2 aromatic carbocycles. The number of aromatic nitrogens is 2. The van der Waals surface area contributed by atoms with Crippen LogP contribution in [0.4, 0.5) is 19.4 Å². The van der Waals surface area contributed by atoms with Crippen molar-refractivity contribution in [3.05, 3.63) is 70.8 Å². The summed E-state index contributed by atoms with van der Waals surface area (Å²) in [6.45, 7) is 8.00. The molecule has 0 spiro atoms. The number of carbonyl (C=O) groups is 1. The number of ether oxygens (including phenoxy) is 2. The van der Waals surface area contributed by atoms with Gasteiger partial charge in [0.2, 0.25) is 5.88 Å². The second-order valence-corrected chi connectivity index (χ2v) is 11.2. The van der Waals surface area contributed by atoms with Crippen LogP contribution >= 0.6 is 0 Å². The first-order valence-electron chi connectivity index (χ1n) is 13.4. The Morgan fingerprint density at radius 3 is 2.67 bits per heavy atom. The number of amides is 2. The van der Waals surface area contributed by atoms with E-state index in [-0.39, 0.29) is 12.5 Å². The molecule has 1 unspecified atom stereocenters. The molecule has 1 saturated heterocycles. The number of carbonyl (C=O) groups excluding carboxylic acids is 1. The molecule has 9 nitrogen and oxygen atoms in total. The maximum atomic E-state index is 14.2. The van der Waals surface area contributed by atoms with Gasteiger partial charge in [0.1, 0.15) is 18.5 Å². The van der Waals surface area contributed by atoms with Crippen LogP contribution in [0.15, 0.2) is 42.5 Å². The lowest BCUT2D eigenvalue weighted by atomic mass is 9.69. The lowest BCUT2D eigenvalue weighted by Gasteiger charge is -2.40. The number of aliphatic hydroxyl groups is 1. The molecule has 0 saturated carbocycles. The first kappa shape index (κ1) is 28.0. The van der Waals surface area contributed by atoms with Crippen molar-refractivity contribution < 1.29 is 28.2 Å². The van der Waals surface area contributed by atoms with Gasteiger partial charge in [-0.3, -0.25) is 5.32 Å². The fourth-order valence-electron chi connectivity index (χ4n) is 5.48. The van der Waals surface area contributed by atoms with E-state index in [1.165, 1.54) is 0 Å². The van der Waals surface area contributed by atoms with Gasteiger partial charge in [0.15, 0.2) is 11.6 Å². The Morgan fingerprint density at radius 1 is 1.23 bits per heavy atom. The van der Waals surface area contributed by atoms with Crippen molar-refractivity contribution in [3.8, 4) is 11.6 Å². The minimum absolute atomic E-state index is 0.109. The molecule has 1 aliphatic carbocycles. The number of benzene rings is 2. The molecule has 5 rings (SSSR count). The topological polar surface area (TPSA) is 101 Å². The summed E-state index contributed by atoms with van der Waals surface area (Å²) in [6, 6.07) is 9.90. The summed E-state index contributed by atoms with van der Waals surface area (Å²) in [5.74, 6) is -1.29. The number of halogens is 2. The van der Waals surface area contributed by atoms with Crippen LogP contribution in [0.5, 0.6) is 5.88 Å². The van der Waals surface area contributed by atoms with E-state index in [0.717, 1.165) is 25.2 Å². The maximum Gasteiger partial charge on any atom is 0.320 e. The van der Waals surface area contributed by atoms with Gasteiger partial charge >= 0.3 is 6.03 Å². The van der Waals surface area contributed by atoms with Crippen LogP contribution < -0.4 is 15.4 Å². The van der Waals surface area contributed by atoms with E-state index >= 15 is 0 Å². The molecular weight excluding hydrogens is 520 g/mol. The van der Waals surface area contributed by atoms with Gasteiger partial charge < -0.3 is 24.8 Å². The molecule has 1 aromatic heterocycles. The number of nitrogens with zero attached hydrogens (tertiary/aromatic N) is 3. The molecule has 0 bridgehead atoms. The number of fused-ring (bicyclic) bond motifs is 1. The lowest BCUT2D eigenvalue weighted by molar-refractivity contribution is -0.0411. The van der Waals surface area contributed by atoms with E-state index in [2.05, 4.69) is 20.6 Å². The molecule has 40 heavy (non-hydrogen) atoms. The molecule has 0 radical (unpaired) electrons. The summed E-state index contributed by atoms with van der Waals surface area (Å²) in [7, 11) is 2.03. The van der Waals surface area contributed by atoms with E-state index in [1.54, 1.807) is 11.6 Å². The van der Waals surface area contributed by atoms with Crippen molar-refractivity contribution in [1.82, 2.24) is 20.0 Å². The quantitative estimate of drug-likeness (QED) is 0.424. The molecule has 11 heteroatoms. The standard InChI is InChI=1S/C29H35F2N5O4/c1-17-26(33-28(38)32-25-20-12-22(30)23(31)13-21(20)29(2,3)14-24(25)37)36(18-8-6-5-7-9-18)34-27(17)40-16-19-15-35(4)10-11-39-19/h5-9,12-13,19,24-25,37H,10-11,14-16H2,1-4H3,(H2,32,33,38)/t19-,24-,25?/m1/s1. The number of likely N-dealkylation sites (N-methyl/N-ethyl adjacent to an activating group) is 1. The molecule has 2 amide bonds. The van der Waals surface area contributed by atoms with Crippen LogP contribution in [0.3, 0.4) is 0 Å². The van der Waals surface area contributed by atoms with Crippen LogP contribution in [0, 0.1) is 18.6 Å². The highest BCUT2D eigenvalue weighted by molar-refractivity contribution is 5.90. The maximum absolute atomic E-state index is 14.2. The van der Waals surface area contributed by atoms with Crippen molar-refractivity contribution in [2.45, 2.75) is 50.9 Å². The zero-order valence-corrected chi connectivity index (χ0v) is 23.1. The normalized spacial score (nSPS) is 22.4. The highest BCUT2D eigenvalue weighted by Crippen LogP contribution is 2.42. The van der Waals surface area contributed by atoms with E-state index < -0.39 is 35.2 Å². The molecule has 3 N–H and O–H groups in total.